The number of para-hydroxylation sites is 1. The highest BCUT2D eigenvalue weighted by molar-refractivity contribution is 6.00. The second-order valence-electron chi connectivity index (χ2n) is 9.41. The van der Waals surface area contributed by atoms with Crippen LogP contribution in [0.4, 0.5) is 5.69 Å². The summed E-state index contributed by atoms with van der Waals surface area (Å²) in [6, 6.07) is 25.7. The quantitative estimate of drug-likeness (QED) is 0.374. The Balaban J connectivity index is 1.51. The highest BCUT2D eigenvalue weighted by Gasteiger charge is 2.26. The molecule has 0 amide bonds. The van der Waals surface area contributed by atoms with Crippen LogP contribution in [0.25, 0.3) is 33.2 Å². The van der Waals surface area contributed by atoms with Crippen LogP contribution >= 0.6 is 0 Å². The van der Waals surface area contributed by atoms with Gasteiger partial charge in [0.25, 0.3) is 0 Å². The Labute approximate surface area is 207 Å². The number of pyridine rings is 1. The molecule has 0 bridgehead atoms. The topological polar surface area (TPSA) is 52.4 Å². The number of fused-ring (bicyclic) bond motifs is 1. The van der Waals surface area contributed by atoms with E-state index in [0.29, 0.717) is 17.6 Å². The van der Waals surface area contributed by atoms with Crippen LogP contribution in [0, 0.1) is 11.3 Å². The van der Waals surface area contributed by atoms with Gasteiger partial charge in [0, 0.05) is 53.6 Å². The molecule has 3 aromatic carbocycles. The first-order chi connectivity index (χ1) is 17.0. The van der Waals surface area contributed by atoms with Gasteiger partial charge in [0.15, 0.2) is 0 Å². The molecule has 5 rings (SSSR count). The second kappa shape index (κ2) is 9.40. The van der Waals surface area contributed by atoms with E-state index in [4.69, 9.17) is 15.0 Å². The van der Waals surface area contributed by atoms with E-state index in [-0.39, 0.29) is 0 Å². The van der Waals surface area contributed by atoms with Gasteiger partial charge in [-0.15, -0.1) is 0 Å². The van der Waals surface area contributed by atoms with Crippen molar-refractivity contribution in [1.29, 1.82) is 5.26 Å². The Morgan fingerprint density at radius 1 is 0.886 bits per heavy atom. The number of anilines is 1. The number of benzene rings is 3. The monoisotopic (exact) mass is 462 g/mol. The van der Waals surface area contributed by atoms with Crippen LogP contribution in [0.2, 0.25) is 0 Å². The molecular formula is C30H30N4O. The van der Waals surface area contributed by atoms with Gasteiger partial charge < -0.3 is 9.64 Å². The number of ether oxygens (including phenoxy) is 1. The van der Waals surface area contributed by atoms with Crippen molar-refractivity contribution in [2.45, 2.75) is 25.9 Å². The van der Waals surface area contributed by atoms with E-state index < -0.39 is 0 Å². The van der Waals surface area contributed by atoms with E-state index in [1.54, 1.807) is 7.11 Å². The number of likely N-dealkylation sites (N-methyl/N-ethyl adjacent to an activating group) is 1. The summed E-state index contributed by atoms with van der Waals surface area (Å²) in [5.74, 6) is 0.820. The van der Waals surface area contributed by atoms with Crippen molar-refractivity contribution in [2.75, 3.05) is 32.1 Å². The Morgan fingerprint density at radius 3 is 2.14 bits per heavy atom. The summed E-state index contributed by atoms with van der Waals surface area (Å²) in [5, 5.41) is 10.1. The first-order valence-corrected chi connectivity index (χ1v) is 12.0. The molecule has 4 aromatic rings. The van der Waals surface area contributed by atoms with Crippen LogP contribution in [-0.4, -0.2) is 49.2 Å². The summed E-state index contributed by atoms with van der Waals surface area (Å²) in [6.07, 6.45) is 1.91. The van der Waals surface area contributed by atoms with Gasteiger partial charge in [-0.2, -0.15) is 5.26 Å². The molecular weight excluding hydrogens is 432 g/mol. The number of methoxy groups -OCH3 is 1. The van der Waals surface area contributed by atoms with Crippen LogP contribution < -0.4 is 9.64 Å². The summed E-state index contributed by atoms with van der Waals surface area (Å²) in [4.78, 5) is 9.78. The molecule has 1 fully saturated rings. The number of nitrogens with zero attached hydrogens (tertiary/aromatic N) is 4. The Hall–Kier alpha value is -3.88. The average molecular weight is 463 g/mol. The molecule has 5 nitrogen and oxygen atoms in total. The largest absolute Gasteiger partial charge is 0.495 e. The molecule has 2 unspecified atom stereocenters. The van der Waals surface area contributed by atoms with E-state index in [1.807, 2.05) is 36.5 Å². The number of nitriles is 1. The van der Waals surface area contributed by atoms with Crippen LogP contribution in [0.5, 0.6) is 5.75 Å². The molecule has 2 heterocycles. The Bertz CT molecular complexity index is 1380. The maximum absolute atomic E-state index is 9.12. The normalized spacial score (nSPS) is 18.4. The zero-order chi connectivity index (χ0) is 24.5. The minimum Gasteiger partial charge on any atom is -0.495 e. The molecule has 1 aromatic heterocycles. The van der Waals surface area contributed by atoms with E-state index in [9.17, 15) is 0 Å². The number of hydrogen-bond acceptors (Lipinski definition) is 5. The second-order valence-corrected chi connectivity index (χ2v) is 9.41. The van der Waals surface area contributed by atoms with Crippen molar-refractivity contribution in [2.24, 2.45) is 0 Å². The maximum atomic E-state index is 9.12. The van der Waals surface area contributed by atoms with Crippen molar-refractivity contribution in [3.63, 3.8) is 0 Å². The Kier molecular flexibility index (Phi) is 6.15. The van der Waals surface area contributed by atoms with Gasteiger partial charge in [-0.05, 0) is 62.4 Å². The lowest BCUT2D eigenvalue weighted by Gasteiger charge is -2.43. The first kappa shape index (κ1) is 22.9. The molecule has 0 aliphatic carbocycles. The highest BCUT2D eigenvalue weighted by Crippen LogP contribution is 2.39. The van der Waals surface area contributed by atoms with Gasteiger partial charge >= 0.3 is 0 Å². The van der Waals surface area contributed by atoms with Gasteiger partial charge in [-0.3, -0.25) is 9.88 Å². The van der Waals surface area contributed by atoms with Crippen molar-refractivity contribution in [3.05, 3.63) is 78.5 Å². The van der Waals surface area contributed by atoms with Crippen molar-refractivity contribution in [3.8, 4) is 34.1 Å². The lowest BCUT2D eigenvalue weighted by molar-refractivity contribution is 0.170. The minimum absolute atomic E-state index is 0.522. The number of rotatable bonds is 4. The van der Waals surface area contributed by atoms with Gasteiger partial charge in [-0.1, -0.05) is 36.4 Å². The van der Waals surface area contributed by atoms with E-state index in [2.05, 4.69) is 73.2 Å². The third-order valence-corrected chi connectivity index (χ3v) is 7.28. The predicted molar refractivity (Wildman–Crippen MR) is 143 cm³/mol. The number of hydrogen-bond donors (Lipinski definition) is 0. The maximum Gasteiger partial charge on any atom is 0.137 e. The van der Waals surface area contributed by atoms with Gasteiger partial charge in [-0.25, -0.2) is 0 Å². The number of aromatic nitrogens is 1. The SMILES string of the molecule is COc1c(-c2ccc(N3CC(C)N(C)C(C)C3)cc2)cnc2c(-c3ccc(C#N)cc3)cccc12. The summed E-state index contributed by atoms with van der Waals surface area (Å²) in [5.41, 5.74) is 6.88. The predicted octanol–water partition coefficient (Wildman–Crippen LogP) is 5.98. The summed E-state index contributed by atoms with van der Waals surface area (Å²) >= 11 is 0. The lowest BCUT2D eigenvalue weighted by atomic mass is 9.98. The smallest absolute Gasteiger partial charge is 0.137 e. The molecule has 35 heavy (non-hydrogen) atoms. The molecule has 1 aliphatic rings. The fraction of sp³-hybridized carbons (Fsp3) is 0.267. The third kappa shape index (κ3) is 4.22. The van der Waals surface area contributed by atoms with Crippen LogP contribution in [-0.2, 0) is 0 Å². The lowest BCUT2D eigenvalue weighted by Crippen LogP contribution is -2.55. The standard InChI is InChI=1S/C30H30N4O/c1-20-18-34(19-21(2)33(20)3)25-14-12-24(13-15-25)28-17-32-29-26(6-5-7-27(29)30(28)35-4)23-10-8-22(16-31)9-11-23/h5-15,17,20-21H,18-19H2,1-4H3. The van der Waals surface area contributed by atoms with E-state index in [0.717, 1.165) is 52.0 Å². The molecule has 0 spiro atoms. The fourth-order valence-electron chi connectivity index (χ4n) is 5.05. The molecule has 5 heteroatoms. The molecule has 176 valence electrons. The van der Waals surface area contributed by atoms with Gasteiger partial charge in [0.1, 0.15) is 5.75 Å². The molecule has 0 radical (unpaired) electrons. The average Bonchev–Trinajstić information content (AvgIpc) is 2.90. The van der Waals surface area contributed by atoms with Gasteiger partial charge in [0.05, 0.1) is 24.3 Å². The number of piperazine rings is 1. The van der Waals surface area contributed by atoms with Gasteiger partial charge in [0.2, 0.25) is 0 Å². The van der Waals surface area contributed by atoms with Crippen molar-refractivity contribution < 1.29 is 4.74 Å². The van der Waals surface area contributed by atoms with E-state index >= 15 is 0 Å². The molecule has 0 saturated carbocycles. The van der Waals surface area contributed by atoms with Crippen molar-refractivity contribution >= 4 is 16.6 Å². The fourth-order valence-corrected chi connectivity index (χ4v) is 5.05. The molecule has 1 saturated heterocycles. The van der Waals surface area contributed by atoms with Crippen molar-refractivity contribution in [1.82, 2.24) is 9.88 Å². The summed E-state index contributed by atoms with van der Waals surface area (Å²) < 4.78 is 5.93. The zero-order valence-electron chi connectivity index (χ0n) is 20.7. The third-order valence-electron chi connectivity index (χ3n) is 7.28. The molecule has 2 atom stereocenters. The molecule has 0 N–H and O–H groups in total. The zero-order valence-corrected chi connectivity index (χ0v) is 20.7. The van der Waals surface area contributed by atoms with E-state index in [1.165, 1.54) is 5.69 Å². The Morgan fingerprint density at radius 2 is 1.51 bits per heavy atom. The highest BCUT2D eigenvalue weighted by atomic mass is 16.5. The molecule has 1 aliphatic heterocycles. The minimum atomic E-state index is 0.522. The van der Waals surface area contributed by atoms with Crippen LogP contribution in [0.1, 0.15) is 19.4 Å². The summed E-state index contributed by atoms with van der Waals surface area (Å²) in [7, 11) is 3.93. The first-order valence-electron chi connectivity index (χ1n) is 12.0. The van der Waals surface area contributed by atoms with Crippen LogP contribution in [0.15, 0.2) is 72.9 Å². The van der Waals surface area contributed by atoms with Crippen LogP contribution in [0.3, 0.4) is 0 Å². The summed E-state index contributed by atoms with van der Waals surface area (Å²) in [6.45, 7) is 6.63.